The maximum absolute atomic E-state index is 7.33. The fourth-order valence-electron chi connectivity index (χ4n) is 13.5. The molecular formula is C78H46O2. The van der Waals surface area contributed by atoms with E-state index in [2.05, 4.69) is 279 Å². The number of fused-ring (bicyclic) bond motifs is 14. The summed E-state index contributed by atoms with van der Waals surface area (Å²) < 4.78 is 14.1. The first-order chi connectivity index (χ1) is 39.7. The highest BCUT2D eigenvalue weighted by Crippen LogP contribution is 2.51. The van der Waals surface area contributed by atoms with Crippen LogP contribution in [0.1, 0.15) is 0 Å². The van der Waals surface area contributed by atoms with E-state index < -0.39 is 0 Å². The van der Waals surface area contributed by atoms with E-state index in [9.17, 15) is 0 Å². The maximum Gasteiger partial charge on any atom is 0.143 e. The minimum absolute atomic E-state index is 0.879. The molecule has 0 radical (unpaired) electrons. The van der Waals surface area contributed by atoms with Gasteiger partial charge in [0.2, 0.25) is 0 Å². The van der Waals surface area contributed by atoms with Crippen LogP contribution in [0.15, 0.2) is 288 Å². The van der Waals surface area contributed by atoms with Crippen molar-refractivity contribution in [1.29, 1.82) is 0 Å². The standard InChI is InChI=1S/C78H46O2/c1-2-17-47(18-3-1)48-33-37-52(38-34-48)70-59-25-10-14-29-63(59)73(64-30-15-11-26-60(64)70)66-46-45-56(78-75(66)68-44-42-50-20-5-7-22-55(50)77(68)80-78)51-35-39-53(40-36-51)71-57-23-8-12-27-61(57)72(62-28-13-9-24-58(62)71)65-31-16-32-69-74(65)67-43-41-49-19-4-6-21-54(49)76(67)79-69/h1-46H. The van der Waals surface area contributed by atoms with Crippen LogP contribution in [0.2, 0.25) is 0 Å². The Hall–Kier alpha value is -10.5. The fraction of sp³-hybridized carbons (Fsp3) is 0. The molecule has 15 aromatic carbocycles. The summed E-state index contributed by atoms with van der Waals surface area (Å²) in [7, 11) is 0. The summed E-state index contributed by atoms with van der Waals surface area (Å²) in [4.78, 5) is 0. The van der Waals surface area contributed by atoms with Gasteiger partial charge in [0.05, 0.1) is 0 Å². The van der Waals surface area contributed by atoms with Crippen LogP contribution in [0.4, 0.5) is 0 Å². The van der Waals surface area contributed by atoms with Crippen LogP contribution >= 0.6 is 0 Å². The molecular weight excluding hydrogens is 969 g/mol. The number of benzene rings is 15. The highest BCUT2D eigenvalue weighted by Gasteiger charge is 2.25. The minimum atomic E-state index is 0.879. The van der Waals surface area contributed by atoms with Crippen LogP contribution < -0.4 is 0 Å². The van der Waals surface area contributed by atoms with Crippen LogP contribution in [-0.2, 0) is 0 Å². The normalized spacial score (nSPS) is 12.0. The zero-order valence-corrected chi connectivity index (χ0v) is 43.4. The second-order valence-corrected chi connectivity index (χ2v) is 21.3. The lowest BCUT2D eigenvalue weighted by atomic mass is 9.83. The zero-order valence-electron chi connectivity index (χ0n) is 43.4. The van der Waals surface area contributed by atoms with Crippen LogP contribution in [0.3, 0.4) is 0 Å². The highest BCUT2D eigenvalue weighted by atomic mass is 16.3. The maximum atomic E-state index is 7.33. The van der Waals surface area contributed by atoms with E-state index in [-0.39, 0.29) is 0 Å². The molecule has 0 N–H and O–H groups in total. The Labute approximate surface area is 460 Å². The van der Waals surface area contributed by atoms with Gasteiger partial charge in [0.1, 0.15) is 22.3 Å². The lowest BCUT2D eigenvalue weighted by Gasteiger charge is -2.19. The monoisotopic (exact) mass is 1010 g/mol. The average molecular weight is 1020 g/mol. The average Bonchev–Trinajstić information content (AvgIpc) is 4.23. The van der Waals surface area contributed by atoms with E-state index in [1.807, 2.05) is 0 Å². The van der Waals surface area contributed by atoms with Crippen molar-refractivity contribution in [2.24, 2.45) is 0 Å². The summed E-state index contributed by atoms with van der Waals surface area (Å²) in [5.41, 5.74) is 17.7. The van der Waals surface area contributed by atoms with Crippen molar-refractivity contribution in [3.63, 3.8) is 0 Å². The molecule has 0 bridgehead atoms. The van der Waals surface area contributed by atoms with Gasteiger partial charge in [0.25, 0.3) is 0 Å². The summed E-state index contributed by atoms with van der Waals surface area (Å²) in [5, 5.41) is 18.7. The lowest BCUT2D eigenvalue weighted by Crippen LogP contribution is -1.92. The van der Waals surface area contributed by atoms with Crippen LogP contribution in [0, 0.1) is 0 Å². The number of hydrogen-bond donors (Lipinski definition) is 0. The third-order valence-corrected chi connectivity index (χ3v) is 17.1. The van der Waals surface area contributed by atoms with Crippen molar-refractivity contribution in [2.75, 3.05) is 0 Å². The van der Waals surface area contributed by atoms with Gasteiger partial charge in [-0.25, -0.2) is 0 Å². The first-order valence-electron chi connectivity index (χ1n) is 27.6. The second kappa shape index (κ2) is 17.5. The van der Waals surface area contributed by atoms with Crippen molar-refractivity contribution in [3.05, 3.63) is 279 Å². The van der Waals surface area contributed by atoms with Gasteiger partial charge in [-0.15, -0.1) is 0 Å². The van der Waals surface area contributed by atoms with Crippen LogP contribution in [0.5, 0.6) is 0 Å². The smallest absolute Gasteiger partial charge is 0.143 e. The number of rotatable bonds is 6. The van der Waals surface area contributed by atoms with Crippen molar-refractivity contribution in [1.82, 2.24) is 0 Å². The molecule has 0 unspecified atom stereocenters. The second-order valence-electron chi connectivity index (χ2n) is 21.3. The molecule has 2 heteroatoms. The van der Waals surface area contributed by atoms with Gasteiger partial charge in [-0.05, 0) is 139 Å². The molecule has 0 fully saturated rings. The molecule has 0 spiro atoms. The Morgan fingerprint density at radius 3 is 1.06 bits per heavy atom. The summed E-state index contributed by atoms with van der Waals surface area (Å²) in [5.74, 6) is 0. The summed E-state index contributed by atoms with van der Waals surface area (Å²) in [6.07, 6.45) is 0. The summed E-state index contributed by atoms with van der Waals surface area (Å²) >= 11 is 0. The highest BCUT2D eigenvalue weighted by molar-refractivity contribution is 6.30. The Bertz CT molecular complexity index is 5280. The third-order valence-electron chi connectivity index (χ3n) is 17.1. The molecule has 80 heavy (non-hydrogen) atoms. The van der Waals surface area contributed by atoms with Gasteiger partial charge < -0.3 is 8.83 Å². The molecule has 0 atom stereocenters. The molecule has 0 aliphatic carbocycles. The molecule has 0 amide bonds. The quantitative estimate of drug-likeness (QED) is 0.155. The van der Waals surface area contributed by atoms with E-state index in [1.165, 1.54) is 93.0 Å². The SMILES string of the molecule is c1ccc(-c2ccc(-c3c4ccccc4c(-c4ccc(-c5ccc(-c6c7ccccc7c(-c7cccc8oc9c%10ccccc%10ccc9c78)c7ccccc67)cc5)c5oc6c7ccccc7ccc6c45)c4ccccc34)cc2)cc1. The van der Waals surface area contributed by atoms with Crippen LogP contribution in [-0.4, -0.2) is 0 Å². The van der Waals surface area contributed by atoms with E-state index in [4.69, 9.17) is 8.83 Å². The van der Waals surface area contributed by atoms with Crippen molar-refractivity contribution in [2.45, 2.75) is 0 Å². The first kappa shape index (κ1) is 44.6. The number of hydrogen-bond acceptors (Lipinski definition) is 2. The predicted molar refractivity (Wildman–Crippen MR) is 339 cm³/mol. The molecule has 0 aliphatic rings. The lowest BCUT2D eigenvalue weighted by molar-refractivity contribution is 0.672. The summed E-state index contributed by atoms with van der Waals surface area (Å²) in [6, 6.07) is 102. The molecule has 370 valence electrons. The van der Waals surface area contributed by atoms with Gasteiger partial charge in [0, 0.05) is 37.9 Å². The van der Waals surface area contributed by atoms with E-state index >= 15 is 0 Å². The first-order valence-corrected chi connectivity index (χ1v) is 27.6. The van der Waals surface area contributed by atoms with E-state index in [0.29, 0.717) is 0 Å². The summed E-state index contributed by atoms with van der Waals surface area (Å²) in [6.45, 7) is 0. The van der Waals surface area contributed by atoms with Crippen molar-refractivity contribution < 1.29 is 8.83 Å². The molecule has 2 heterocycles. The predicted octanol–water partition coefficient (Wildman–Crippen LogP) is 22.4. The third kappa shape index (κ3) is 6.60. The Morgan fingerprint density at radius 1 is 0.175 bits per heavy atom. The Morgan fingerprint density at radius 2 is 0.550 bits per heavy atom. The Kier molecular flexibility index (Phi) is 9.75. The van der Waals surface area contributed by atoms with Gasteiger partial charge in [0.15, 0.2) is 0 Å². The molecule has 0 aliphatic heterocycles. The van der Waals surface area contributed by atoms with Gasteiger partial charge >= 0.3 is 0 Å². The van der Waals surface area contributed by atoms with Gasteiger partial charge in [-0.2, -0.15) is 0 Å². The van der Waals surface area contributed by atoms with E-state index in [0.717, 1.165) is 82.3 Å². The molecule has 0 saturated carbocycles. The topological polar surface area (TPSA) is 26.3 Å². The molecule has 17 aromatic rings. The minimum Gasteiger partial charge on any atom is -0.455 e. The van der Waals surface area contributed by atoms with Crippen molar-refractivity contribution in [3.8, 4) is 66.8 Å². The van der Waals surface area contributed by atoms with Crippen LogP contribution in [0.25, 0.3) is 175 Å². The largest absolute Gasteiger partial charge is 0.455 e. The molecule has 17 rings (SSSR count). The fourth-order valence-corrected chi connectivity index (χ4v) is 13.5. The van der Waals surface area contributed by atoms with Gasteiger partial charge in [-0.3, -0.25) is 0 Å². The Balaban J connectivity index is 0.853. The van der Waals surface area contributed by atoms with Gasteiger partial charge in [-0.1, -0.05) is 255 Å². The van der Waals surface area contributed by atoms with Crippen molar-refractivity contribution >= 4 is 109 Å². The molecule has 2 aromatic heterocycles. The molecule has 0 saturated heterocycles. The zero-order chi connectivity index (χ0) is 52.4. The molecule has 2 nitrogen and oxygen atoms in total. The van der Waals surface area contributed by atoms with E-state index in [1.54, 1.807) is 0 Å². The number of furan rings is 2.